The molecule has 1 aliphatic rings. The van der Waals surface area contributed by atoms with Gasteiger partial charge in [0.15, 0.2) is 11.2 Å². The van der Waals surface area contributed by atoms with Gasteiger partial charge in [0.05, 0.1) is 19.3 Å². The first-order valence-corrected chi connectivity index (χ1v) is 7.01. The van der Waals surface area contributed by atoms with Crippen molar-refractivity contribution in [3.63, 3.8) is 0 Å². The van der Waals surface area contributed by atoms with Gasteiger partial charge in [0.2, 0.25) is 0 Å². The molecule has 0 saturated carbocycles. The molecule has 3 rings (SSSR count). The molecule has 21 heavy (non-hydrogen) atoms. The summed E-state index contributed by atoms with van der Waals surface area (Å²) in [5, 5.41) is 7.71. The van der Waals surface area contributed by atoms with Crippen molar-refractivity contribution in [2.75, 3.05) is 13.2 Å². The van der Waals surface area contributed by atoms with E-state index in [9.17, 15) is 4.79 Å². The number of aryl methyl sites for hydroxylation is 1. The topological polar surface area (TPSA) is 84.1 Å². The fourth-order valence-electron chi connectivity index (χ4n) is 2.71. The number of fused-ring (bicyclic) bond motifs is 1. The molecule has 3 heterocycles. The number of nitrogens with zero attached hydrogens (tertiary/aromatic N) is 5. The lowest BCUT2D eigenvalue weighted by molar-refractivity contribution is -0.0918. The summed E-state index contributed by atoms with van der Waals surface area (Å²) in [5.74, 6) is 0. The number of hydrogen-bond acceptors (Lipinski definition) is 6. The molecule has 0 aliphatic carbocycles. The van der Waals surface area contributed by atoms with Crippen LogP contribution in [0.4, 0.5) is 0 Å². The van der Waals surface area contributed by atoms with Crippen LogP contribution in [0.5, 0.6) is 0 Å². The first-order chi connectivity index (χ1) is 10.0. The average Bonchev–Trinajstić information content (AvgIpc) is 3.01. The smallest absolute Gasteiger partial charge is 0.283 e. The van der Waals surface area contributed by atoms with Crippen LogP contribution in [-0.4, -0.2) is 49.5 Å². The number of ether oxygens (including phenoxy) is 2. The standard InChI is InChI=1S/C13H19N5O3/c1-9(2)21-13(4-5-20-7-13)6-18-8-14-11-10(12(18)19)15-16-17(11)3/h8-9H,4-7H2,1-3H3. The maximum absolute atomic E-state index is 12.5. The van der Waals surface area contributed by atoms with Crippen LogP contribution in [0.15, 0.2) is 11.1 Å². The maximum Gasteiger partial charge on any atom is 0.283 e. The van der Waals surface area contributed by atoms with Gasteiger partial charge < -0.3 is 9.47 Å². The van der Waals surface area contributed by atoms with Crippen LogP contribution < -0.4 is 5.56 Å². The molecule has 2 aromatic rings. The maximum atomic E-state index is 12.5. The van der Waals surface area contributed by atoms with Crippen molar-refractivity contribution in [3.05, 3.63) is 16.7 Å². The van der Waals surface area contributed by atoms with Crippen LogP contribution in [0.25, 0.3) is 11.2 Å². The first kappa shape index (κ1) is 14.2. The van der Waals surface area contributed by atoms with Gasteiger partial charge in [-0.2, -0.15) is 0 Å². The van der Waals surface area contributed by atoms with Crippen molar-refractivity contribution in [1.82, 2.24) is 24.5 Å². The highest BCUT2D eigenvalue weighted by atomic mass is 16.6. The molecule has 2 aromatic heterocycles. The number of hydrogen-bond donors (Lipinski definition) is 0. The Hall–Kier alpha value is -1.80. The minimum Gasteiger partial charge on any atom is -0.378 e. The second kappa shape index (κ2) is 5.19. The SMILES string of the molecule is CC(C)OC1(Cn2cnc3c(nnn3C)c2=O)CCOC1. The minimum absolute atomic E-state index is 0.0654. The quantitative estimate of drug-likeness (QED) is 0.795. The Morgan fingerprint density at radius 1 is 1.52 bits per heavy atom. The van der Waals surface area contributed by atoms with Gasteiger partial charge in [-0.3, -0.25) is 9.36 Å². The van der Waals surface area contributed by atoms with Gasteiger partial charge in [-0.15, -0.1) is 5.10 Å². The monoisotopic (exact) mass is 293 g/mol. The van der Waals surface area contributed by atoms with Gasteiger partial charge in [-0.05, 0) is 13.8 Å². The molecule has 8 nitrogen and oxygen atoms in total. The summed E-state index contributed by atoms with van der Waals surface area (Å²) < 4.78 is 14.5. The van der Waals surface area contributed by atoms with Crippen LogP contribution in [0.2, 0.25) is 0 Å². The third kappa shape index (κ3) is 2.56. The van der Waals surface area contributed by atoms with E-state index in [0.29, 0.717) is 25.4 Å². The van der Waals surface area contributed by atoms with E-state index in [-0.39, 0.29) is 17.2 Å². The molecule has 1 saturated heterocycles. The van der Waals surface area contributed by atoms with E-state index in [2.05, 4.69) is 15.3 Å². The lowest BCUT2D eigenvalue weighted by Gasteiger charge is -2.30. The van der Waals surface area contributed by atoms with Gasteiger partial charge in [0, 0.05) is 20.1 Å². The van der Waals surface area contributed by atoms with Crippen molar-refractivity contribution >= 4 is 11.2 Å². The van der Waals surface area contributed by atoms with Gasteiger partial charge in [-0.25, -0.2) is 9.67 Å². The molecule has 0 radical (unpaired) electrons. The second-order valence-electron chi connectivity index (χ2n) is 5.72. The third-order valence-electron chi connectivity index (χ3n) is 3.59. The minimum atomic E-state index is -0.477. The van der Waals surface area contributed by atoms with Crippen LogP contribution in [0.1, 0.15) is 20.3 Å². The molecule has 0 aromatic carbocycles. The zero-order valence-electron chi connectivity index (χ0n) is 12.4. The Labute approximate surface area is 121 Å². The molecule has 1 fully saturated rings. The number of aromatic nitrogens is 5. The summed E-state index contributed by atoms with van der Waals surface area (Å²) in [6.07, 6.45) is 2.35. The van der Waals surface area contributed by atoms with E-state index >= 15 is 0 Å². The van der Waals surface area contributed by atoms with Crippen LogP contribution in [-0.2, 0) is 23.1 Å². The van der Waals surface area contributed by atoms with E-state index in [1.807, 2.05) is 13.8 Å². The molecule has 0 spiro atoms. The molecule has 1 atom stereocenters. The highest BCUT2D eigenvalue weighted by Crippen LogP contribution is 2.26. The highest BCUT2D eigenvalue weighted by molar-refractivity contribution is 5.67. The Kier molecular flexibility index (Phi) is 3.50. The molecular formula is C13H19N5O3. The third-order valence-corrected chi connectivity index (χ3v) is 3.59. The highest BCUT2D eigenvalue weighted by Gasteiger charge is 2.38. The van der Waals surface area contributed by atoms with E-state index in [1.54, 1.807) is 7.05 Å². The first-order valence-electron chi connectivity index (χ1n) is 7.01. The van der Waals surface area contributed by atoms with Crippen molar-refractivity contribution in [1.29, 1.82) is 0 Å². The summed E-state index contributed by atoms with van der Waals surface area (Å²) in [6.45, 7) is 5.49. The molecule has 1 unspecified atom stereocenters. The molecule has 1 aliphatic heterocycles. The zero-order valence-corrected chi connectivity index (χ0v) is 12.4. The Balaban J connectivity index is 1.96. The average molecular weight is 293 g/mol. The number of rotatable bonds is 4. The lowest BCUT2D eigenvalue weighted by atomic mass is 10.0. The lowest BCUT2D eigenvalue weighted by Crippen LogP contribution is -2.43. The predicted octanol–water partition coefficient (Wildman–Crippen LogP) is 0.109. The van der Waals surface area contributed by atoms with E-state index in [4.69, 9.17) is 9.47 Å². The summed E-state index contributed by atoms with van der Waals surface area (Å²) in [6, 6.07) is 0. The van der Waals surface area contributed by atoms with E-state index in [1.165, 1.54) is 15.6 Å². The molecule has 0 N–H and O–H groups in total. The fraction of sp³-hybridized carbons (Fsp3) is 0.692. The molecule has 0 amide bonds. The van der Waals surface area contributed by atoms with Gasteiger partial charge in [0.1, 0.15) is 11.9 Å². The molecular weight excluding hydrogens is 274 g/mol. The molecule has 8 heteroatoms. The predicted molar refractivity (Wildman–Crippen MR) is 75.0 cm³/mol. The van der Waals surface area contributed by atoms with E-state index in [0.717, 1.165) is 6.42 Å². The summed E-state index contributed by atoms with van der Waals surface area (Å²) in [5.41, 5.74) is 0.0818. The van der Waals surface area contributed by atoms with Crippen LogP contribution >= 0.6 is 0 Å². The Morgan fingerprint density at radius 2 is 2.33 bits per heavy atom. The molecule has 114 valence electrons. The van der Waals surface area contributed by atoms with Crippen molar-refractivity contribution in [2.45, 2.75) is 38.5 Å². The summed E-state index contributed by atoms with van der Waals surface area (Å²) in [4.78, 5) is 16.7. The Morgan fingerprint density at radius 3 is 3.00 bits per heavy atom. The van der Waals surface area contributed by atoms with Gasteiger partial charge >= 0.3 is 0 Å². The van der Waals surface area contributed by atoms with E-state index < -0.39 is 5.60 Å². The van der Waals surface area contributed by atoms with Gasteiger partial charge in [0.25, 0.3) is 5.56 Å². The van der Waals surface area contributed by atoms with Crippen molar-refractivity contribution in [3.8, 4) is 0 Å². The summed E-state index contributed by atoms with van der Waals surface area (Å²) >= 11 is 0. The van der Waals surface area contributed by atoms with Crippen LogP contribution in [0, 0.1) is 0 Å². The van der Waals surface area contributed by atoms with Crippen molar-refractivity contribution in [2.24, 2.45) is 7.05 Å². The van der Waals surface area contributed by atoms with Gasteiger partial charge in [-0.1, -0.05) is 5.21 Å². The summed E-state index contributed by atoms with van der Waals surface area (Å²) in [7, 11) is 1.71. The van der Waals surface area contributed by atoms with Crippen LogP contribution in [0.3, 0.4) is 0 Å². The van der Waals surface area contributed by atoms with Crippen molar-refractivity contribution < 1.29 is 9.47 Å². The largest absolute Gasteiger partial charge is 0.378 e. The second-order valence-corrected chi connectivity index (χ2v) is 5.72. The zero-order chi connectivity index (χ0) is 15.0. The molecule has 0 bridgehead atoms. The fourth-order valence-corrected chi connectivity index (χ4v) is 2.71. The Bertz CT molecular complexity index is 699. The normalized spacial score (nSPS) is 22.5.